The van der Waals surface area contributed by atoms with Gasteiger partial charge in [0.2, 0.25) is 0 Å². The third-order valence-electron chi connectivity index (χ3n) is 2.06. The quantitative estimate of drug-likeness (QED) is 0.530. The largest absolute Gasteiger partial charge is 0.301 e. The number of aryl methyl sites for hydroxylation is 2. The first-order valence-corrected chi connectivity index (χ1v) is 6.60. The predicted molar refractivity (Wildman–Crippen MR) is 70.9 cm³/mol. The Morgan fingerprint density at radius 3 is 2.61 bits per heavy atom. The molecule has 2 heterocycles. The lowest BCUT2D eigenvalue weighted by atomic mass is 10.4. The van der Waals surface area contributed by atoms with E-state index in [1.165, 1.54) is 17.8 Å². The number of hydrogen-bond acceptors (Lipinski definition) is 5. The van der Waals surface area contributed by atoms with Gasteiger partial charge in [-0.05, 0) is 19.9 Å². The van der Waals surface area contributed by atoms with Gasteiger partial charge in [-0.1, -0.05) is 23.4 Å². The third kappa shape index (κ3) is 3.54. The molecule has 18 heavy (non-hydrogen) atoms. The van der Waals surface area contributed by atoms with Gasteiger partial charge < -0.3 is 4.98 Å². The van der Waals surface area contributed by atoms with Crippen molar-refractivity contribution in [2.75, 3.05) is 0 Å². The fraction of sp³-hybridized carbons (Fsp3) is 0.273. The summed E-state index contributed by atoms with van der Waals surface area (Å²) < 4.78 is 0. The average molecular weight is 283 g/mol. The third-order valence-corrected chi connectivity index (χ3v) is 3.12. The maximum absolute atomic E-state index is 11.3. The SMILES string of the molecule is Cc1cc(Cl)nc(CSc2nc(C)cc(=O)[nH]2)n1. The van der Waals surface area contributed by atoms with Gasteiger partial charge in [0.1, 0.15) is 11.0 Å². The molecule has 2 rings (SSSR count). The molecular weight excluding hydrogens is 272 g/mol. The van der Waals surface area contributed by atoms with Crippen LogP contribution in [0.3, 0.4) is 0 Å². The number of nitrogens with zero attached hydrogens (tertiary/aromatic N) is 3. The summed E-state index contributed by atoms with van der Waals surface area (Å²) in [6.07, 6.45) is 0. The van der Waals surface area contributed by atoms with Crippen molar-refractivity contribution < 1.29 is 0 Å². The minimum Gasteiger partial charge on any atom is -0.301 e. The van der Waals surface area contributed by atoms with Gasteiger partial charge in [0.05, 0.1) is 5.75 Å². The van der Waals surface area contributed by atoms with Gasteiger partial charge in [0, 0.05) is 17.5 Å². The summed E-state index contributed by atoms with van der Waals surface area (Å²) in [6, 6.07) is 3.15. The number of H-pyrrole nitrogens is 1. The van der Waals surface area contributed by atoms with E-state index in [0.29, 0.717) is 27.6 Å². The first-order chi connectivity index (χ1) is 8.52. The van der Waals surface area contributed by atoms with Crippen LogP contribution >= 0.6 is 23.4 Å². The van der Waals surface area contributed by atoms with E-state index in [4.69, 9.17) is 11.6 Å². The van der Waals surface area contributed by atoms with Crippen LogP contribution in [0.25, 0.3) is 0 Å². The van der Waals surface area contributed by atoms with E-state index in [-0.39, 0.29) is 5.56 Å². The number of halogens is 1. The maximum Gasteiger partial charge on any atom is 0.251 e. The summed E-state index contributed by atoms with van der Waals surface area (Å²) in [5.41, 5.74) is 1.34. The van der Waals surface area contributed by atoms with E-state index in [1.807, 2.05) is 6.92 Å². The van der Waals surface area contributed by atoms with Crippen LogP contribution in [-0.4, -0.2) is 19.9 Å². The molecule has 0 fully saturated rings. The Hall–Kier alpha value is -1.40. The smallest absolute Gasteiger partial charge is 0.251 e. The number of nitrogens with one attached hydrogen (secondary N) is 1. The highest BCUT2D eigenvalue weighted by Gasteiger charge is 2.04. The zero-order valence-electron chi connectivity index (χ0n) is 9.90. The molecule has 2 aromatic rings. The van der Waals surface area contributed by atoms with Crippen LogP contribution in [0.15, 0.2) is 22.1 Å². The molecule has 2 aromatic heterocycles. The second-order valence-corrected chi connectivity index (χ2v) is 5.08. The minimum absolute atomic E-state index is 0.159. The molecule has 0 spiro atoms. The topological polar surface area (TPSA) is 71.5 Å². The molecule has 0 aromatic carbocycles. The van der Waals surface area contributed by atoms with Crippen LogP contribution in [0.5, 0.6) is 0 Å². The van der Waals surface area contributed by atoms with Crippen LogP contribution in [0, 0.1) is 13.8 Å². The molecule has 0 amide bonds. The Morgan fingerprint density at radius 2 is 1.94 bits per heavy atom. The second-order valence-electron chi connectivity index (χ2n) is 3.73. The molecular formula is C11H11ClN4OS. The monoisotopic (exact) mass is 282 g/mol. The molecule has 94 valence electrons. The summed E-state index contributed by atoms with van der Waals surface area (Å²) in [7, 11) is 0. The highest BCUT2D eigenvalue weighted by Crippen LogP contribution is 2.17. The fourth-order valence-electron chi connectivity index (χ4n) is 1.41. The first-order valence-electron chi connectivity index (χ1n) is 5.24. The average Bonchev–Trinajstić information content (AvgIpc) is 2.23. The molecule has 0 aliphatic heterocycles. The Balaban J connectivity index is 2.13. The minimum atomic E-state index is -0.159. The lowest BCUT2D eigenvalue weighted by Crippen LogP contribution is -2.08. The van der Waals surface area contributed by atoms with Crippen molar-refractivity contribution in [2.45, 2.75) is 24.8 Å². The van der Waals surface area contributed by atoms with Gasteiger partial charge in [-0.15, -0.1) is 0 Å². The van der Waals surface area contributed by atoms with Gasteiger partial charge in [-0.3, -0.25) is 4.79 Å². The van der Waals surface area contributed by atoms with Crippen molar-refractivity contribution >= 4 is 23.4 Å². The van der Waals surface area contributed by atoms with Gasteiger partial charge in [-0.25, -0.2) is 15.0 Å². The lowest BCUT2D eigenvalue weighted by molar-refractivity contribution is 0.900. The Labute approximate surface area is 113 Å². The lowest BCUT2D eigenvalue weighted by Gasteiger charge is -2.02. The van der Waals surface area contributed by atoms with Crippen LogP contribution in [0.2, 0.25) is 5.15 Å². The maximum atomic E-state index is 11.3. The highest BCUT2D eigenvalue weighted by molar-refractivity contribution is 7.98. The van der Waals surface area contributed by atoms with Crippen LogP contribution in [0.1, 0.15) is 17.2 Å². The number of rotatable bonds is 3. The molecule has 0 radical (unpaired) electrons. The molecule has 0 bridgehead atoms. The summed E-state index contributed by atoms with van der Waals surface area (Å²) in [5, 5.41) is 0.977. The van der Waals surface area contributed by atoms with Crippen LogP contribution < -0.4 is 5.56 Å². The van der Waals surface area contributed by atoms with Crippen molar-refractivity contribution in [2.24, 2.45) is 0 Å². The van der Waals surface area contributed by atoms with E-state index < -0.39 is 0 Å². The van der Waals surface area contributed by atoms with E-state index >= 15 is 0 Å². The van der Waals surface area contributed by atoms with Crippen LogP contribution in [0.4, 0.5) is 0 Å². The Kier molecular flexibility index (Phi) is 3.98. The number of aromatic nitrogens is 4. The zero-order chi connectivity index (χ0) is 13.1. The van der Waals surface area contributed by atoms with Crippen molar-refractivity contribution in [1.82, 2.24) is 19.9 Å². The predicted octanol–water partition coefficient (Wildman–Crippen LogP) is 2.12. The summed E-state index contributed by atoms with van der Waals surface area (Å²) in [4.78, 5) is 26.5. The van der Waals surface area contributed by atoms with Gasteiger partial charge in [0.25, 0.3) is 5.56 Å². The number of thioether (sulfide) groups is 1. The molecule has 0 aliphatic carbocycles. The zero-order valence-corrected chi connectivity index (χ0v) is 11.5. The van der Waals surface area contributed by atoms with E-state index in [9.17, 15) is 4.79 Å². The molecule has 7 heteroatoms. The molecule has 1 N–H and O–H groups in total. The van der Waals surface area contributed by atoms with Crippen molar-refractivity contribution in [3.05, 3.63) is 44.9 Å². The normalized spacial score (nSPS) is 10.6. The van der Waals surface area contributed by atoms with Gasteiger partial charge in [0.15, 0.2) is 5.16 Å². The number of aromatic amines is 1. The molecule has 5 nitrogen and oxygen atoms in total. The summed E-state index contributed by atoms with van der Waals surface area (Å²) in [5.74, 6) is 1.13. The van der Waals surface area contributed by atoms with Crippen molar-refractivity contribution in [3.63, 3.8) is 0 Å². The van der Waals surface area contributed by atoms with Crippen molar-refractivity contribution in [3.8, 4) is 0 Å². The Bertz CT molecular complexity index is 608. The van der Waals surface area contributed by atoms with Gasteiger partial charge in [-0.2, -0.15) is 0 Å². The molecule has 0 unspecified atom stereocenters. The molecule has 0 aliphatic rings. The first kappa shape index (κ1) is 13.0. The van der Waals surface area contributed by atoms with E-state index in [2.05, 4.69) is 19.9 Å². The molecule has 0 saturated carbocycles. The fourth-order valence-corrected chi connectivity index (χ4v) is 2.44. The summed E-state index contributed by atoms with van der Waals surface area (Å²) in [6.45, 7) is 3.63. The van der Waals surface area contributed by atoms with E-state index in [0.717, 1.165) is 5.69 Å². The summed E-state index contributed by atoms with van der Waals surface area (Å²) >= 11 is 7.22. The van der Waals surface area contributed by atoms with Crippen LogP contribution in [-0.2, 0) is 5.75 Å². The van der Waals surface area contributed by atoms with Gasteiger partial charge >= 0.3 is 0 Å². The Morgan fingerprint density at radius 1 is 1.22 bits per heavy atom. The standard InChI is InChI=1S/C11H11ClN4OS/c1-6-3-8(12)15-9(13-6)5-18-11-14-7(2)4-10(17)16-11/h3-4H,5H2,1-2H3,(H,14,16,17). The number of hydrogen-bond donors (Lipinski definition) is 1. The van der Waals surface area contributed by atoms with E-state index in [1.54, 1.807) is 13.0 Å². The highest BCUT2D eigenvalue weighted by atomic mass is 35.5. The molecule has 0 saturated heterocycles. The molecule has 0 atom stereocenters. The second kappa shape index (κ2) is 5.49. The van der Waals surface area contributed by atoms with Crippen molar-refractivity contribution in [1.29, 1.82) is 0 Å².